The van der Waals surface area contributed by atoms with E-state index in [2.05, 4.69) is 26.0 Å². The summed E-state index contributed by atoms with van der Waals surface area (Å²) in [6.07, 6.45) is 1.09. The van der Waals surface area contributed by atoms with Gasteiger partial charge >= 0.3 is 0 Å². The Morgan fingerprint density at radius 1 is 1.32 bits per heavy atom. The highest BCUT2D eigenvalue weighted by Gasteiger charge is 2.23. The molecular weight excluding hydrogens is 332 g/mol. The molecule has 0 saturated carbocycles. The maximum absolute atomic E-state index is 11.8. The molecule has 7 heteroatoms. The monoisotopic (exact) mass is 348 g/mol. The minimum atomic E-state index is -3.30. The summed E-state index contributed by atoms with van der Waals surface area (Å²) in [5, 5.41) is 2.75. The molecule has 0 spiro atoms. The van der Waals surface area contributed by atoms with Crippen molar-refractivity contribution >= 4 is 43.2 Å². The van der Waals surface area contributed by atoms with Gasteiger partial charge in [-0.05, 0) is 44.5 Å². The van der Waals surface area contributed by atoms with Gasteiger partial charge in [0, 0.05) is 5.69 Å². The first kappa shape index (κ1) is 16.0. The third-order valence-electron chi connectivity index (χ3n) is 2.32. The number of carbonyl (C=O) groups excluding carboxylic acids is 1. The summed E-state index contributed by atoms with van der Waals surface area (Å²) in [6.45, 7) is 5.26. The quantitative estimate of drug-likeness (QED) is 0.820. The molecule has 1 aromatic carbocycles. The molecule has 5 nitrogen and oxygen atoms in total. The Morgan fingerprint density at radius 2 is 1.89 bits per heavy atom. The Bertz CT molecular complexity index is 591. The number of benzene rings is 1. The number of halogens is 1. The molecule has 1 rings (SSSR count). The van der Waals surface area contributed by atoms with E-state index in [1.54, 1.807) is 39.0 Å². The fraction of sp³-hybridized carbons (Fsp3) is 0.417. The van der Waals surface area contributed by atoms with Crippen molar-refractivity contribution in [1.82, 2.24) is 0 Å². The maximum atomic E-state index is 11.8. The molecule has 0 fully saturated rings. The lowest BCUT2D eigenvalue weighted by Gasteiger charge is -2.17. The fourth-order valence-electron chi connectivity index (χ4n) is 1.34. The topological polar surface area (TPSA) is 75.3 Å². The van der Waals surface area contributed by atoms with Gasteiger partial charge in [0.2, 0.25) is 15.9 Å². The summed E-state index contributed by atoms with van der Waals surface area (Å²) in [5.74, 6) is -0.171. The van der Waals surface area contributed by atoms with Crippen LogP contribution >= 0.6 is 15.9 Å². The second-order valence-corrected chi connectivity index (χ2v) is 8.56. The molecule has 2 N–H and O–H groups in total. The Morgan fingerprint density at radius 3 is 2.32 bits per heavy atom. The van der Waals surface area contributed by atoms with Gasteiger partial charge in [-0.3, -0.25) is 9.52 Å². The first-order valence-corrected chi connectivity index (χ1v) is 8.26. The van der Waals surface area contributed by atoms with Gasteiger partial charge < -0.3 is 5.32 Å². The van der Waals surface area contributed by atoms with Crippen molar-refractivity contribution in [2.45, 2.75) is 25.1 Å². The van der Waals surface area contributed by atoms with Crippen LogP contribution in [-0.2, 0) is 14.8 Å². The zero-order valence-electron chi connectivity index (χ0n) is 11.2. The molecule has 19 heavy (non-hydrogen) atoms. The van der Waals surface area contributed by atoms with Crippen LogP contribution in [0, 0.1) is 6.92 Å². The third kappa shape index (κ3) is 5.20. The van der Waals surface area contributed by atoms with Crippen molar-refractivity contribution < 1.29 is 13.2 Å². The predicted molar refractivity (Wildman–Crippen MR) is 81.3 cm³/mol. The summed E-state index contributed by atoms with van der Waals surface area (Å²) in [6, 6.07) is 4.98. The smallest absolute Gasteiger partial charge is 0.240 e. The summed E-state index contributed by atoms with van der Waals surface area (Å²) in [7, 11) is -3.30. The number of amides is 1. The average Bonchev–Trinajstić information content (AvgIpc) is 2.19. The van der Waals surface area contributed by atoms with Crippen molar-refractivity contribution in [3.63, 3.8) is 0 Å². The fourth-order valence-corrected chi connectivity index (χ4v) is 2.06. The van der Waals surface area contributed by atoms with E-state index in [1.165, 1.54) is 0 Å². The average molecular weight is 349 g/mol. The number of anilines is 2. The Labute approximate surface area is 122 Å². The Hall–Kier alpha value is -1.08. The molecule has 0 atom stereocenters. The van der Waals surface area contributed by atoms with Crippen molar-refractivity contribution in [3.8, 4) is 0 Å². The van der Waals surface area contributed by atoms with Crippen molar-refractivity contribution in [1.29, 1.82) is 0 Å². The zero-order chi connectivity index (χ0) is 14.8. The van der Waals surface area contributed by atoms with Crippen LogP contribution in [0.5, 0.6) is 0 Å². The molecule has 1 aromatic rings. The van der Waals surface area contributed by atoms with E-state index in [-0.39, 0.29) is 5.91 Å². The highest BCUT2D eigenvalue weighted by atomic mass is 79.9. The van der Waals surface area contributed by atoms with Crippen LogP contribution in [0.2, 0.25) is 0 Å². The van der Waals surface area contributed by atoms with Crippen LogP contribution in [0.4, 0.5) is 11.4 Å². The SMILES string of the molecule is Cc1cc(NC(=O)C(C)(C)Br)ccc1NS(C)(=O)=O. The lowest BCUT2D eigenvalue weighted by atomic mass is 10.1. The summed E-state index contributed by atoms with van der Waals surface area (Å²) < 4.78 is 24.1. The minimum absolute atomic E-state index is 0.171. The van der Waals surface area contributed by atoms with E-state index < -0.39 is 14.3 Å². The van der Waals surface area contributed by atoms with Crippen LogP contribution in [0.3, 0.4) is 0 Å². The normalized spacial score (nSPS) is 12.1. The van der Waals surface area contributed by atoms with Crippen molar-refractivity contribution in [3.05, 3.63) is 23.8 Å². The predicted octanol–water partition coefficient (Wildman–Crippen LogP) is 2.48. The number of carbonyl (C=O) groups is 1. The van der Waals surface area contributed by atoms with E-state index in [0.29, 0.717) is 11.4 Å². The highest BCUT2D eigenvalue weighted by Crippen LogP contribution is 2.23. The van der Waals surface area contributed by atoms with Crippen LogP contribution in [0.1, 0.15) is 19.4 Å². The van der Waals surface area contributed by atoms with Crippen LogP contribution in [-0.4, -0.2) is 24.9 Å². The summed E-state index contributed by atoms with van der Waals surface area (Å²) in [4.78, 5) is 11.8. The number of alkyl halides is 1. The Balaban J connectivity index is 2.92. The van der Waals surface area contributed by atoms with E-state index in [1.807, 2.05) is 0 Å². The standard InChI is InChI=1S/C12H17BrN2O3S/c1-8-7-9(14-11(16)12(2,3)13)5-6-10(8)15-19(4,17)18/h5-7,15H,1-4H3,(H,14,16). The second-order valence-electron chi connectivity index (χ2n) is 4.83. The second kappa shape index (κ2) is 5.50. The van der Waals surface area contributed by atoms with Gasteiger partial charge in [0.05, 0.1) is 16.3 Å². The largest absolute Gasteiger partial charge is 0.325 e. The van der Waals surface area contributed by atoms with Gasteiger partial charge in [-0.25, -0.2) is 8.42 Å². The van der Waals surface area contributed by atoms with E-state index >= 15 is 0 Å². The molecular formula is C12H17BrN2O3S. The van der Waals surface area contributed by atoms with Gasteiger partial charge in [0.1, 0.15) is 0 Å². The summed E-state index contributed by atoms with van der Waals surface area (Å²) in [5.41, 5.74) is 1.85. The first-order valence-electron chi connectivity index (χ1n) is 5.58. The number of nitrogens with one attached hydrogen (secondary N) is 2. The zero-order valence-corrected chi connectivity index (χ0v) is 13.6. The lowest BCUT2D eigenvalue weighted by molar-refractivity contribution is -0.117. The molecule has 106 valence electrons. The summed E-state index contributed by atoms with van der Waals surface area (Å²) >= 11 is 3.27. The van der Waals surface area contributed by atoms with Gasteiger partial charge in [-0.1, -0.05) is 15.9 Å². The molecule has 0 unspecified atom stereocenters. The molecule has 1 amide bonds. The van der Waals surface area contributed by atoms with Crippen molar-refractivity contribution in [2.75, 3.05) is 16.3 Å². The molecule has 0 aliphatic heterocycles. The van der Waals surface area contributed by atoms with Gasteiger partial charge in [-0.2, -0.15) is 0 Å². The molecule has 0 aromatic heterocycles. The number of rotatable bonds is 4. The third-order valence-corrected chi connectivity index (χ3v) is 3.27. The molecule has 0 radical (unpaired) electrons. The van der Waals surface area contributed by atoms with Gasteiger partial charge in [0.25, 0.3) is 0 Å². The molecule has 0 aliphatic rings. The maximum Gasteiger partial charge on any atom is 0.240 e. The number of hydrogen-bond donors (Lipinski definition) is 2. The molecule has 0 heterocycles. The van der Waals surface area contributed by atoms with Gasteiger partial charge in [-0.15, -0.1) is 0 Å². The van der Waals surface area contributed by atoms with E-state index in [4.69, 9.17) is 0 Å². The molecule has 0 saturated heterocycles. The molecule has 0 bridgehead atoms. The number of aryl methyl sites for hydroxylation is 1. The Kier molecular flexibility index (Phi) is 4.63. The first-order chi connectivity index (χ1) is 8.49. The lowest BCUT2D eigenvalue weighted by Crippen LogP contribution is -2.30. The molecule has 0 aliphatic carbocycles. The van der Waals surface area contributed by atoms with Gasteiger partial charge in [0.15, 0.2) is 0 Å². The van der Waals surface area contributed by atoms with Crippen LogP contribution < -0.4 is 10.0 Å². The van der Waals surface area contributed by atoms with E-state index in [9.17, 15) is 13.2 Å². The van der Waals surface area contributed by atoms with Crippen molar-refractivity contribution in [2.24, 2.45) is 0 Å². The van der Waals surface area contributed by atoms with E-state index in [0.717, 1.165) is 11.8 Å². The minimum Gasteiger partial charge on any atom is -0.325 e. The highest BCUT2D eigenvalue weighted by molar-refractivity contribution is 9.10. The number of sulfonamides is 1. The van der Waals surface area contributed by atoms with Crippen LogP contribution in [0.15, 0.2) is 18.2 Å². The number of hydrogen-bond acceptors (Lipinski definition) is 3. The van der Waals surface area contributed by atoms with Crippen LogP contribution in [0.25, 0.3) is 0 Å².